The van der Waals surface area contributed by atoms with Crippen LogP contribution in [0, 0.1) is 11.8 Å². The zero-order valence-electron chi connectivity index (χ0n) is 13.5. The summed E-state index contributed by atoms with van der Waals surface area (Å²) in [5.41, 5.74) is 2.24. The third-order valence-corrected chi connectivity index (χ3v) is 5.93. The molecule has 1 aromatic rings. The molecule has 0 spiro atoms. The molecule has 4 nitrogen and oxygen atoms in total. The predicted molar refractivity (Wildman–Crippen MR) is 88.8 cm³/mol. The van der Waals surface area contributed by atoms with Gasteiger partial charge in [0.1, 0.15) is 0 Å². The summed E-state index contributed by atoms with van der Waals surface area (Å²) in [5, 5.41) is 13.3. The molecule has 0 bridgehead atoms. The van der Waals surface area contributed by atoms with E-state index in [4.69, 9.17) is 4.74 Å². The van der Waals surface area contributed by atoms with Crippen molar-refractivity contribution in [1.29, 1.82) is 0 Å². The van der Waals surface area contributed by atoms with Gasteiger partial charge in [0, 0.05) is 29.8 Å². The van der Waals surface area contributed by atoms with Gasteiger partial charge in [-0.05, 0) is 43.7 Å². The topological polar surface area (TPSA) is 58.6 Å². The monoisotopic (exact) mass is 315 g/mol. The Morgan fingerprint density at radius 2 is 1.96 bits per heavy atom. The Labute approximate surface area is 137 Å². The number of carboxylic acids is 1. The van der Waals surface area contributed by atoms with E-state index >= 15 is 0 Å². The minimum Gasteiger partial charge on any atom is -0.478 e. The fraction of sp³-hybridized carbons (Fsp3) is 0.632. The third kappa shape index (κ3) is 2.63. The number of ether oxygens (including phenoxy) is 1. The van der Waals surface area contributed by atoms with Crippen LogP contribution in [0.2, 0.25) is 0 Å². The lowest BCUT2D eigenvalue weighted by atomic mass is 9.70. The normalized spacial score (nSPS) is 30.9. The molecule has 3 unspecified atom stereocenters. The van der Waals surface area contributed by atoms with Crippen LogP contribution in [0.15, 0.2) is 18.2 Å². The van der Waals surface area contributed by atoms with Crippen molar-refractivity contribution in [1.82, 2.24) is 0 Å². The largest absolute Gasteiger partial charge is 0.478 e. The highest BCUT2D eigenvalue weighted by atomic mass is 16.5. The molecule has 1 saturated heterocycles. The number of carbonyl (C=O) groups is 1. The van der Waals surface area contributed by atoms with Gasteiger partial charge < -0.3 is 15.2 Å². The molecular weight excluding hydrogens is 290 g/mol. The number of rotatable bonds is 2. The molecule has 0 aromatic heterocycles. The summed E-state index contributed by atoms with van der Waals surface area (Å²) in [7, 11) is 0. The van der Waals surface area contributed by atoms with Crippen molar-refractivity contribution in [3.05, 3.63) is 29.3 Å². The average molecular weight is 315 g/mol. The van der Waals surface area contributed by atoms with Gasteiger partial charge in [0.05, 0.1) is 11.7 Å². The lowest BCUT2D eigenvalue weighted by molar-refractivity contribution is -0.0463. The number of hydrogen-bond donors (Lipinski definition) is 2. The van der Waals surface area contributed by atoms with E-state index in [2.05, 4.69) is 5.32 Å². The molecule has 2 fully saturated rings. The number of nitrogens with one attached hydrogen (secondary N) is 1. The summed E-state index contributed by atoms with van der Waals surface area (Å²) in [4.78, 5) is 11.6. The number of benzene rings is 1. The van der Waals surface area contributed by atoms with Crippen LogP contribution in [0.3, 0.4) is 0 Å². The van der Waals surface area contributed by atoms with Gasteiger partial charge in [0.25, 0.3) is 0 Å². The second kappa shape index (κ2) is 6.16. The fourth-order valence-electron chi connectivity index (χ4n) is 4.90. The quantitative estimate of drug-likeness (QED) is 0.857. The third-order valence-electron chi connectivity index (χ3n) is 5.93. The lowest BCUT2D eigenvalue weighted by Crippen LogP contribution is -2.46. The van der Waals surface area contributed by atoms with Crippen LogP contribution in [0.1, 0.15) is 67.0 Å². The van der Waals surface area contributed by atoms with Crippen molar-refractivity contribution in [2.45, 2.75) is 57.1 Å². The Hall–Kier alpha value is -1.55. The maximum Gasteiger partial charge on any atom is 0.336 e. The highest BCUT2D eigenvalue weighted by Gasteiger charge is 2.43. The molecule has 2 aliphatic heterocycles. The van der Waals surface area contributed by atoms with Crippen LogP contribution >= 0.6 is 0 Å². The van der Waals surface area contributed by atoms with E-state index in [1.54, 1.807) is 6.07 Å². The number of fused-ring (bicyclic) bond motifs is 3. The minimum atomic E-state index is -0.854. The van der Waals surface area contributed by atoms with Gasteiger partial charge in [-0.2, -0.15) is 0 Å². The van der Waals surface area contributed by atoms with E-state index < -0.39 is 5.97 Å². The van der Waals surface area contributed by atoms with E-state index in [0.717, 1.165) is 30.7 Å². The van der Waals surface area contributed by atoms with Crippen LogP contribution in [0.4, 0.5) is 5.69 Å². The second-order valence-electron chi connectivity index (χ2n) is 7.24. The zero-order valence-corrected chi connectivity index (χ0v) is 13.5. The first-order valence-corrected chi connectivity index (χ1v) is 9.00. The van der Waals surface area contributed by atoms with Crippen molar-refractivity contribution < 1.29 is 14.6 Å². The molecule has 4 heteroatoms. The van der Waals surface area contributed by atoms with Crippen LogP contribution in [0.5, 0.6) is 0 Å². The van der Waals surface area contributed by atoms with E-state index in [1.807, 2.05) is 12.1 Å². The first-order valence-electron chi connectivity index (χ1n) is 9.00. The first kappa shape index (κ1) is 15.0. The molecule has 23 heavy (non-hydrogen) atoms. The predicted octanol–water partition coefficient (Wildman–Crippen LogP) is 4.23. The summed E-state index contributed by atoms with van der Waals surface area (Å²) in [6.07, 6.45) is 8.73. The molecule has 124 valence electrons. The number of carboxylic acid groups (broad SMARTS) is 1. The Morgan fingerprint density at radius 3 is 2.74 bits per heavy atom. The molecule has 3 atom stereocenters. The lowest BCUT2D eigenvalue weighted by Gasteiger charge is -2.47. The van der Waals surface area contributed by atoms with Crippen LogP contribution in [-0.2, 0) is 4.74 Å². The highest BCUT2D eigenvalue weighted by molar-refractivity contribution is 5.92. The Morgan fingerprint density at radius 1 is 1.13 bits per heavy atom. The van der Waals surface area contributed by atoms with Crippen LogP contribution in [-0.4, -0.2) is 23.7 Å². The maximum atomic E-state index is 11.6. The summed E-state index contributed by atoms with van der Waals surface area (Å²) in [6.45, 7) is 0.742. The van der Waals surface area contributed by atoms with Gasteiger partial charge in [0.2, 0.25) is 0 Å². The second-order valence-corrected chi connectivity index (χ2v) is 7.24. The number of hydrogen-bond acceptors (Lipinski definition) is 3. The van der Waals surface area contributed by atoms with Crippen molar-refractivity contribution >= 4 is 11.7 Å². The van der Waals surface area contributed by atoms with Crippen LogP contribution in [0.25, 0.3) is 0 Å². The molecule has 1 aliphatic carbocycles. The summed E-state index contributed by atoms with van der Waals surface area (Å²) in [5.74, 6) is 0.243. The molecule has 4 rings (SSSR count). The number of anilines is 1. The standard InChI is InChI=1S/C19H25NO3/c21-19(22)13-8-4-10-15-16(13)18-14(9-5-11-23-18)17(20-15)12-6-2-1-3-7-12/h4,8,10,12,14,17-18,20H,1-3,5-7,9,11H2,(H,21,22). The molecule has 3 aliphatic rings. The SMILES string of the molecule is O=C(O)c1cccc2c1C1OCCCC1C(C1CCCCC1)N2. The Balaban J connectivity index is 1.73. The molecule has 2 N–H and O–H groups in total. The van der Waals surface area contributed by atoms with Gasteiger partial charge in [-0.3, -0.25) is 0 Å². The molecule has 2 heterocycles. The summed E-state index contributed by atoms with van der Waals surface area (Å²) < 4.78 is 6.12. The molecule has 0 amide bonds. The summed E-state index contributed by atoms with van der Waals surface area (Å²) in [6, 6.07) is 6.00. The highest BCUT2D eigenvalue weighted by Crippen LogP contribution is 2.48. The van der Waals surface area contributed by atoms with E-state index in [9.17, 15) is 9.90 Å². The molecule has 1 aromatic carbocycles. The van der Waals surface area contributed by atoms with Crippen molar-refractivity contribution in [3.8, 4) is 0 Å². The van der Waals surface area contributed by atoms with Crippen molar-refractivity contribution in [2.75, 3.05) is 11.9 Å². The van der Waals surface area contributed by atoms with Crippen molar-refractivity contribution in [2.24, 2.45) is 11.8 Å². The van der Waals surface area contributed by atoms with Crippen LogP contribution < -0.4 is 5.32 Å². The van der Waals surface area contributed by atoms with Gasteiger partial charge >= 0.3 is 5.97 Å². The summed E-state index contributed by atoms with van der Waals surface area (Å²) >= 11 is 0. The Kier molecular flexibility index (Phi) is 4.02. The van der Waals surface area contributed by atoms with E-state index in [0.29, 0.717) is 23.4 Å². The minimum absolute atomic E-state index is 0.0563. The fourth-order valence-corrected chi connectivity index (χ4v) is 4.90. The molecule has 0 radical (unpaired) electrons. The average Bonchev–Trinajstić information content (AvgIpc) is 2.61. The first-order chi connectivity index (χ1) is 11.3. The van der Waals surface area contributed by atoms with Gasteiger partial charge in [-0.25, -0.2) is 4.79 Å². The number of aromatic carboxylic acids is 1. The maximum absolute atomic E-state index is 11.6. The van der Waals surface area contributed by atoms with E-state index in [1.165, 1.54) is 32.1 Å². The van der Waals surface area contributed by atoms with Crippen molar-refractivity contribution in [3.63, 3.8) is 0 Å². The van der Waals surface area contributed by atoms with Gasteiger partial charge in [-0.1, -0.05) is 25.3 Å². The van der Waals surface area contributed by atoms with Gasteiger partial charge in [0.15, 0.2) is 0 Å². The Bertz CT molecular complexity index is 594. The molecular formula is C19H25NO3. The zero-order chi connectivity index (χ0) is 15.8. The smallest absolute Gasteiger partial charge is 0.336 e. The van der Waals surface area contributed by atoms with Gasteiger partial charge in [-0.15, -0.1) is 0 Å². The molecule has 1 saturated carbocycles. The van der Waals surface area contributed by atoms with E-state index in [-0.39, 0.29) is 6.10 Å².